The molecular formula is C38H25O3P. The third-order valence-corrected chi connectivity index (χ3v) is 11.1. The maximum atomic E-state index is 14.7. The summed E-state index contributed by atoms with van der Waals surface area (Å²) < 4.78 is 27.8. The van der Waals surface area contributed by atoms with Gasteiger partial charge in [0.1, 0.15) is 0 Å². The molecule has 0 bridgehead atoms. The predicted molar refractivity (Wildman–Crippen MR) is 173 cm³/mol. The van der Waals surface area contributed by atoms with Crippen LogP contribution in [0.5, 0.6) is 23.0 Å². The second-order valence-corrected chi connectivity index (χ2v) is 13.2. The Bertz CT molecular complexity index is 2110. The summed E-state index contributed by atoms with van der Waals surface area (Å²) in [7, 11) is -3.03. The fraction of sp³-hybridized carbons (Fsp3) is 0. The standard InChI is InChI=1S/C38H25O3P/c39-42(28-11-3-1-4-12-28,29-13-5-2-6-14-29)30-22-19-26(20-23-30)27-21-24-35-36(25-27)41-38-34-18-10-8-16-32(34)31-15-7-9-17-33(31)37(38)40-35/h1-25H. The van der Waals surface area contributed by atoms with Gasteiger partial charge in [-0.2, -0.15) is 0 Å². The van der Waals surface area contributed by atoms with E-state index in [2.05, 4.69) is 36.4 Å². The lowest BCUT2D eigenvalue weighted by molar-refractivity contribution is 0.367. The van der Waals surface area contributed by atoms with Crippen molar-refractivity contribution < 1.29 is 14.0 Å². The number of hydrogen-bond donors (Lipinski definition) is 0. The van der Waals surface area contributed by atoms with Gasteiger partial charge in [0, 0.05) is 26.7 Å². The molecule has 42 heavy (non-hydrogen) atoms. The molecule has 0 amide bonds. The summed E-state index contributed by atoms with van der Waals surface area (Å²) in [6.07, 6.45) is 0. The van der Waals surface area contributed by atoms with Gasteiger partial charge in [-0.3, -0.25) is 0 Å². The SMILES string of the molecule is O=P(c1ccccc1)(c1ccccc1)c1ccc(-c2ccc3c(c2)Oc2c(c4ccccc4c4ccccc24)O3)cc1. The smallest absolute Gasteiger partial charge is 0.178 e. The first-order valence-corrected chi connectivity index (χ1v) is 15.7. The Morgan fingerprint density at radius 1 is 0.381 bits per heavy atom. The summed E-state index contributed by atoms with van der Waals surface area (Å²) in [5.74, 6) is 2.83. The normalized spacial score (nSPS) is 12.3. The number of rotatable bonds is 4. The quantitative estimate of drug-likeness (QED) is 0.159. The molecular weight excluding hydrogens is 535 g/mol. The van der Waals surface area contributed by atoms with Crippen molar-refractivity contribution in [1.29, 1.82) is 0 Å². The van der Waals surface area contributed by atoms with Crippen molar-refractivity contribution in [1.82, 2.24) is 0 Å². The third kappa shape index (κ3) is 3.86. The third-order valence-electron chi connectivity index (χ3n) is 8.01. The van der Waals surface area contributed by atoms with Crippen molar-refractivity contribution in [2.45, 2.75) is 0 Å². The molecule has 0 fully saturated rings. The average Bonchev–Trinajstić information content (AvgIpc) is 3.08. The molecule has 1 heterocycles. The van der Waals surface area contributed by atoms with E-state index in [1.165, 1.54) is 0 Å². The van der Waals surface area contributed by atoms with Crippen LogP contribution in [0.4, 0.5) is 0 Å². The van der Waals surface area contributed by atoms with Crippen molar-refractivity contribution in [3.63, 3.8) is 0 Å². The van der Waals surface area contributed by atoms with E-state index in [1.54, 1.807) is 0 Å². The van der Waals surface area contributed by atoms with E-state index < -0.39 is 7.14 Å². The van der Waals surface area contributed by atoms with E-state index in [0.717, 1.165) is 60.1 Å². The van der Waals surface area contributed by atoms with Crippen molar-refractivity contribution in [2.24, 2.45) is 0 Å². The maximum absolute atomic E-state index is 14.7. The van der Waals surface area contributed by atoms with E-state index in [1.807, 2.05) is 115 Å². The van der Waals surface area contributed by atoms with Crippen LogP contribution in [0.15, 0.2) is 152 Å². The Morgan fingerprint density at radius 2 is 0.810 bits per heavy atom. The van der Waals surface area contributed by atoms with Gasteiger partial charge in [-0.05, 0) is 34.0 Å². The number of fused-ring (bicyclic) bond motifs is 7. The molecule has 4 heteroatoms. The van der Waals surface area contributed by atoms with Gasteiger partial charge in [0.25, 0.3) is 0 Å². The molecule has 8 rings (SSSR count). The van der Waals surface area contributed by atoms with Gasteiger partial charge in [-0.15, -0.1) is 0 Å². The lowest BCUT2D eigenvalue weighted by atomic mass is 9.99. The molecule has 0 spiro atoms. The Balaban J connectivity index is 1.19. The Morgan fingerprint density at radius 3 is 1.36 bits per heavy atom. The van der Waals surface area contributed by atoms with Gasteiger partial charge >= 0.3 is 0 Å². The van der Waals surface area contributed by atoms with Crippen molar-refractivity contribution in [2.75, 3.05) is 0 Å². The lowest BCUT2D eigenvalue weighted by Gasteiger charge is -2.24. The fourth-order valence-electron chi connectivity index (χ4n) is 5.94. The van der Waals surface area contributed by atoms with Crippen LogP contribution in [0.1, 0.15) is 0 Å². The zero-order valence-electron chi connectivity index (χ0n) is 22.6. The summed E-state index contributed by atoms with van der Waals surface area (Å²) in [4.78, 5) is 0. The summed E-state index contributed by atoms with van der Waals surface area (Å²) in [6.45, 7) is 0. The van der Waals surface area contributed by atoms with Gasteiger partial charge in [-0.25, -0.2) is 0 Å². The Kier molecular flexibility index (Phi) is 5.73. The highest BCUT2D eigenvalue weighted by molar-refractivity contribution is 7.85. The lowest BCUT2D eigenvalue weighted by Crippen LogP contribution is -2.24. The minimum atomic E-state index is -3.03. The Labute approximate surface area is 244 Å². The highest BCUT2D eigenvalue weighted by atomic mass is 31.2. The average molecular weight is 561 g/mol. The second kappa shape index (κ2) is 9.76. The predicted octanol–water partition coefficient (Wildman–Crippen LogP) is 9.20. The minimum absolute atomic E-state index is 0.670. The van der Waals surface area contributed by atoms with Crippen LogP contribution < -0.4 is 25.4 Å². The summed E-state index contributed by atoms with van der Waals surface area (Å²) >= 11 is 0. The topological polar surface area (TPSA) is 35.5 Å². The fourth-order valence-corrected chi connectivity index (χ4v) is 8.59. The number of benzene rings is 7. The van der Waals surface area contributed by atoms with Crippen molar-refractivity contribution in [3.05, 3.63) is 152 Å². The first kappa shape index (κ1) is 24.7. The summed E-state index contributed by atoms with van der Waals surface area (Å²) in [5, 5.41) is 6.75. The monoisotopic (exact) mass is 560 g/mol. The summed E-state index contributed by atoms with van der Waals surface area (Å²) in [6, 6.07) is 50.1. The number of ether oxygens (including phenoxy) is 2. The minimum Gasteiger partial charge on any atom is -0.449 e. The van der Waals surface area contributed by atoms with Crippen LogP contribution in [0.25, 0.3) is 32.7 Å². The molecule has 0 aliphatic carbocycles. The zero-order chi connectivity index (χ0) is 28.1. The van der Waals surface area contributed by atoms with Crippen LogP contribution in [-0.2, 0) is 4.57 Å². The molecule has 0 N–H and O–H groups in total. The molecule has 3 nitrogen and oxygen atoms in total. The molecule has 0 aromatic heterocycles. The van der Waals surface area contributed by atoms with Gasteiger partial charge in [-0.1, -0.05) is 140 Å². The zero-order valence-corrected chi connectivity index (χ0v) is 23.5. The van der Waals surface area contributed by atoms with Gasteiger partial charge in [0.15, 0.2) is 30.1 Å². The molecule has 0 radical (unpaired) electrons. The van der Waals surface area contributed by atoms with Crippen LogP contribution >= 0.6 is 7.14 Å². The van der Waals surface area contributed by atoms with E-state index >= 15 is 0 Å². The largest absolute Gasteiger partial charge is 0.449 e. The van der Waals surface area contributed by atoms with Crippen LogP contribution in [-0.4, -0.2) is 0 Å². The van der Waals surface area contributed by atoms with Crippen LogP contribution in [0, 0.1) is 0 Å². The molecule has 1 aliphatic heterocycles. The molecule has 0 saturated heterocycles. The van der Waals surface area contributed by atoms with Crippen molar-refractivity contribution >= 4 is 44.6 Å². The molecule has 0 atom stereocenters. The number of hydrogen-bond acceptors (Lipinski definition) is 3. The molecule has 0 saturated carbocycles. The van der Waals surface area contributed by atoms with E-state index in [9.17, 15) is 4.57 Å². The van der Waals surface area contributed by atoms with Crippen LogP contribution in [0.3, 0.4) is 0 Å². The molecule has 7 aromatic rings. The van der Waals surface area contributed by atoms with E-state index in [-0.39, 0.29) is 0 Å². The first-order valence-electron chi connectivity index (χ1n) is 14.0. The second-order valence-electron chi connectivity index (χ2n) is 10.4. The van der Waals surface area contributed by atoms with E-state index in [4.69, 9.17) is 9.47 Å². The van der Waals surface area contributed by atoms with Crippen LogP contribution in [0.2, 0.25) is 0 Å². The van der Waals surface area contributed by atoms with Crippen molar-refractivity contribution in [3.8, 4) is 34.1 Å². The van der Waals surface area contributed by atoms with Gasteiger partial charge in [0.05, 0.1) is 0 Å². The maximum Gasteiger partial charge on any atom is 0.178 e. The van der Waals surface area contributed by atoms with Gasteiger partial charge in [0.2, 0.25) is 0 Å². The molecule has 7 aromatic carbocycles. The molecule has 0 unspecified atom stereocenters. The highest BCUT2D eigenvalue weighted by Crippen LogP contribution is 2.53. The molecule has 1 aliphatic rings. The summed E-state index contributed by atoms with van der Waals surface area (Å²) in [5.41, 5.74) is 2.00. The van der Waals surface area contributed by atoms with Gasteiger partial charge < -0.3 is 14.0 Å². The first-order chi connectivity index (χ1) is 20.7. The Hall–Kier alpha value is -5.11. The van der Waals surface area contributed by atoms with E-state index in [0.29, 0.717) is 11.5 Å². The highest BCUT2D eigenvalue weighted by Gasteiger charge is 2.30. The molecule has 200 valence electrons.